The molecule has 240 valence electrons. The Morgan fingerprint density at radius 2 is 0.863 bits per heavy atom. The molecule has 0 radical (unpaired) electrons. The Bertz CT molecular complexity index is 2650. The fraction of sp³-hybridized carbons (Fsp3) is 0.0204. The second kappa shape index (κ2) is 11.8. The Morgan fingerprint density at radius 1 is 0.353 bits per heavy atom. The monoisotopic (exact) mass is 651 g/mol. The Balaban J connectivity index is 1.09. The van der Waals surface area contributed by atoms with E-state index in [1.807, 2.05) is 0 Å². The summed E-state index contributed by atoms with van der Waals surface area (Å²) in [6.45, 7) is 0. The molecule has 0 atom stereocenters. The molecule has 2 heterocycles. The third-order valence-electron chi connectivity index (χ3n) is 10.5. The highest BCUT2D eigenvalue weighted by Gasteiger charge is 2.45. The molecule has 0 spiro atoms. The molecule has 8 aromatic carbocycles. The van der Waals surface area contributed by atoms with Crippen LogP contribution in [0.4, 0.5) is 0 Å². The first-order chi connectivity index (χ1) is 25.3. The van der Waals surface area contributed by atoms with Crippen molar-refractivity contribution in [1.29, 1.82) is 0 Å². The summed E-state index contributed by atoms with van der Waals surface area (Å²) >= 11 is 0. The van der Waals surface area contributed by atoms with Gasteiger partial charge < -0.3 is 9.30 Å². The highest BCUT2D eigenvalue weighted by atomic mass is 16.5. The van der Waals surface area contributed by atoms with E-state index in [-0.39, 0.29) is 0 Å². The van der Waals surface area contributed by atoms with Gasteiger partial charge in [-0.25, -0.2) is 0 Å². The Labute approximate surface area is 297 Å². The quantitative estimate of drug-likeness (QED) is 0.181. The van der Waals surface area contributed by atoms with Crippen LogP contribution in [0, 0.1) is 0 Å². The first-order valence-corrected chi connectivity index (χ1v) is 17.5. The molecule has 51 heavy (non-hydrogen) atoms. The van der Waals surface area contributed by atoms with Gasteiger partial charge in [-0.05, 0) is 81.9 Å². The molecule has 9 aromatic rings. The van der Waals surface area contributed by atoms with Gasteiger partial charge >= 0.3 is 0 Å². The summed E-state index contributed by atoms with van der Waals surface area (Å²) in [5.41, 5.74) is 12.5. The standard InChI is InChI=1S/C49H33NO/c1-4-14-38(15-5-1)49(39-16-6-2-7-17-39)43-21-11-13-23-47(43)51-48-31-29-37(33-44(48)49)35-26-24-34(25-27-35)36-28-30-46-42(32-36)41-20-10-12-22-45(41)50(46)40-18-8-3-9-19-40/h1-33H. The molecule has 0 bridgehead atoms. The molecule has 0 saturated heterocycles. The molecule has 0 saturated carbocycles. The van der Waals surface area contributed by atoms with Gasteiger partial charge in [0.15, 0.2) is 0 Å². The number of aromatic nitrogens is 1. The predicted octanol–water partition coefficient (Wildman–Crippen LogP) is 12.6. The Morgan fingerprint density at radius 3 is 1.57 bits per heavy atom. The normalized spacial score (nSPS) is 13.0. The third kappa shape index (κ3) is 4.57. The summed E-state index contributed by atoms with van der Waals surface area (Å²) in [5, 5.41) is 2.51. The van der Waals surface area contributed by atoms with Crippen molar-refractivity contribution in [3.8, 4) is 39.4 Å². The highest BCUT2D eigenvalue weighted by molar-refractivity contribution is 6.10. The van der Waals surface area contributed by atoms with E-state index in [0.717, 1.165) is 33.8 Å². The molecule has 0 unspecified atom stereocenters. The maximum atomic E-state index is 6.64. The first-order valence-electron chi connectivity index (χ1n) is 17.5. The van der Waals surface area contributed by atoms with E-state index in [1.54, 1.807) is 0 Å². The van der Waals surface area contributed by atoms with Crippen LogP contribution in [-0.4, -0.2) is 4.57 Å². The van der Waals surface area contributed by atoms with Gasteiger partial charge in [-0.15, -0.1) is 0 Å². The third-order valence-corrected chi connectivity index (χ3v) is 10.5. The molecular formula is C49H33NO. The van der Waals surface area contributed by atoms with E-state index < -0.39 is 5.41 Å². The minimum absolute atomic E-state index is 0.545. The fourth-order valence-electron chi connectivity index (χ4n) is 8.25. The van der Waals surface area contributed by atoms with Gasteiger partial charge in [0, 0.05) is 27.6 Å². The Hall–Kier alpha value is -6.64. The van der Waals surface area contributed by atoms with E-state index in [0.29, 0.717) is 0 Å². The molecule has 0 aliphatic carbocycles. The van der Waals surface area contributed by atoms with Crippen LogP contribution >= 0.6 is 0 Å². The number of fused-ring (bicyclic) bond motifs is 5. The summed E-state index contributed by atoms with van der Waals surface area (Å²) in [7, 11) is 0. The van der Waals surface area contributed by atoms with Crippen molar-refractivity contribution in [3.63, 3.8) is 0 Å². The van der Waals surface area contributed by atoms with Crippen LogP contribution in [0.25, 0.3) is 49.7 Å². The number of para-hydroxylation sites is 3. The number of ether oxygens (including phenoxy) is 1. The number of hydrogen-bond donors (Lipinski definition) is 0. The van der Waals surface area contributed by atoms with Gasteiger partial charge in [-0.1, -0.05) is 152 Å². The highest BCUT2D eigenvalue weighted by Crippen LogP contribution is 2.55. The van der Waals surface area contributed by atoms with Crippen LogP contribution in [0.3, 0.4) is 0 Å². The lowest BCUT2D eigenvalue weighted by molar-refractivity contribution is 0.434. The summed E-state index contributed by atoms with van der Waals surface area (Å²) < 4.78 is 9.00. The van der Waals surface area contributed by atoms with Crippen LogP contribution < -0.4 is 4.74 Å². The number of benzene rings is 8. The summed E-state index contributed by atoms with van der Waals surface area (Å²) in [4.78, 5) is 0. The summed E-state index contributed by atoms with van der Waals surface area (Å²) in [6, 6.07) is 72.0. The maximum Gasteiger partial charge on any atom is 0.132 e. The minimum atomic E-state index is -0.545. The van der Waals surface area contributed by atoms with Crippen molar-refractivity contribution in [2.24, 2.45) is 0 Å². The maximum absolute atomic E-state index is 6.64. The van der Waals surface area contributed by atoms with Crippen LogP contribution in [0.2, 0.25) is 0 Å². The molecular weight excluding hydrogens is 619 g/mol. The molecule has 0 amide bonds. The van der Waals surface area contributed by atoms with Gasteiger partial charge in [-0.2, -0.15) is 0 Å². The lowest BCUT2D eigenvalue weighted by atomic mass is 9.63. The molecule has 10 rings (SSSR count). The number of hydrogen-bond acceptors (Lipinski definition) is 1. The average Bonchev–Trinajstić information content (AvgIpc) is 3.54. The second-order valence-electron chi connectivity index (χ2n) is 13.3. The van der Waals surface area contributed by atoms with E-state index in [2.05, 4.69) is 205 Å². The van der Waals surface area contributed by atoms with Gasteiger partial charge in [0.05, 0.1) is 16.4 Å². The van der Waals surface area contributed by atoms with E-state index in [4.69, 9.17) is 4.74 Å². The van der Waals surface area contributed by atoms with Crippen LogP contribution in [-0.2, 0) is 5.41 Å². The van der Waals surface area contributed by atoms with Gasteiger partial charge in [-0.3, -0.25) is 0 Å². The predicted molar refractivity (Wildman–Crippen MR) is 210 cm³/mol. The number of rotatable bonds is 5. The lowest BCUT2D eigenvalue weighted by Gasteiger charge is -2.41. The average molecular weight is 652 g/mol. The van der Waals surface area contributed by atoms with Crippen molar-refractivity contribution in [2.45, 2.75) is 5.41 Å². The van der Waals surface area contributed by atoms with E-state index in [9.17, 15) is 0 Å². The van der Waals surface area contributed by atoms with Crippen LogP contribution in [0.1, 0.15) is 22.3 Å². The first kappa shape index (κ1) is 29.3. The smallest absolute Gasteiger partial charge is 0.132 e. The summed E-state index contributed by atoms with van der Waals surface area (Å²) in [6.07, 6.45) is 0. The molecule has 2 nitrogen and oxygen atoms in total. The van der Waals surface area contributed by atoms with Crippen LogP contribution in [0.5, 0.6) is 11.5 Å². The fourth-order valence-corrected chi connectivity index (χ4v) is 8.25. The Kier molecular flexibility index (Phi) is 6.75. The zero-order valence-electron chi connectivity index (χ0n) is 27.9. The molecule has 0 N–H and O–H groups in total. The van der Waals surface area contributed by atoms with Crippen molar-refractivity contribution in [3.05, 3.63) is 222 Å². The molecule has 0 fully saturated rings. The van der Waals surface area contributed by atoms with E-state index >= 15 is 0 Å². The molecule has 1 aromatic heterocycles. The zero-order chi connectivity index (χ0) is 33.8. The molecule has 1 aliphatic rings. The van der Waals surface area contributed by atoms with Crippen molar-refractivity contribution in [2.75, 3.05) is 0 Å². The zero-order valence-corrected chi connectivity index (χ0v) is 27.9. The topological polar surface area (TPSA) is 14.2 Å². The molecule has 1 aliphatic heterocycles. The van der Waals surface area contributed by atoms with Crippen LogP contribution in [0.15, 0.2) is 200 Å². The minimum Gasteiger partial charge on any atom is -0.457 e. The SMILES string of the molecule is c1ccc(-n2c3ccccc3c3cc(-c4ccc(-c5ccc6c(c5)C(c5ccccc5)(c5ccccc5)c5ccccc5O6)cc4)ccc32)cc1. The van der Waals surface area contributed by atoms with Gasteiger partial charge in [0.25, 0.3) is 0 Å². The summed E-state index contributed by atoms with van der Waals surface area (Å²) in [5.74, 6) is 1.77. The lowest BCUT2D eigenvalue weighted by Crippen LogP contribution is -2.34. The van der Waals surface area contributed by atoms with E-state index in [1.165, 1.54) is 49.7 Å². The van der Waals surface area contributed by atoms with Crippen molar-refractivity contribution < 1.29 is 4.74 Å². The van der Waals surface area contributed by atoms with Crippen molar-refractivity contribution in [1.82, 2.24) is 4.57 Å². The largest absolute Gasteiger partial charge is 0.457 e. The number of nitrogens with zero attached hydrogens (tertiary/aromatic N) is 1. The van der Waals surface area contributed by atoms with Crippen molar-refractivity contribution >= 4 is 21.8 Å². The van der Waals surface area contributed by atoms with Gasteiger partial charge in [0.2, 0.25) is 0 Å². The van der Waals surface area contributed by atoms with Gasteiger partial charge in [0.1, 0.15) is 11.5 Å². The molecule has 2 heteroatoms. The second-order valence-corrected chi connectivity index (χ2v) is 13.3.